The minimum absolute atomic E-state index is 0.590. The highest BCUT2D eigenvalue weighted by Gasteiger charge is 2.08. The van der Waals surface area contributed by atoms with Gasteiger partial charge in [-0.2, -0.15) is 0 Å². The Balaban J connectivity index is 4.00. The van der Waals surface area contributed by atoms with Gasteiger partial charge in [0.2, 0.25) is 0 Å². The lowest BCUT2D eigenvalue weighted by molar-refractivity contribution is 0.171. The largest absolute Gasteiger partial charge is 0.330 e. The first kappa shape index (κ1) is 22.8. The Hall–Kier alpha value is -0.200. The molecule has 23 heavy (non-hydrogen) atoms. The predicted molar refractivity (Wildman–Crippen MR) is 102 cm³/mol. The molecule has 7 N–H and O–H groups in total. The number of nitrogens with two attached hydrogens (primary N) is 3. The quantitative estimate of drug-likeness (QED) is 0.256. The van der Waals surface area contributed by atoms with E-state index in [2.05, 4.69) is 31.2 Å². The van der Waals surface area contributed by atoms with Gasteiger partial charge >= 0.3 is 0 Å². The van der Waals surface area contributed by atoms with Crippen molar-refractivity contribution in [1.82, 2.24) is 10.4 Å². The number of hydrogen-bond donors (Lipinski definition) is 4. The molecule has 140 valence electrons. The van der Waals surface area contributed by atoms with E-state index in [1.807, 2.05) is 0 Å². The van der Waals surface area contributed by atoms with E-state index in [1.165, 1.54) is 32.1 Å². The van der Waals surface area contributed by atoms with Crippen molar-refractivity contribution >= 4 is 0 Å². The van der Waals surface area contributed by atoms with Gasteiger partial charge in [0.05, 0.1) is 0 Å². The Kier molecular flexibility index (Phi) is 15.2. The molecule has 0 aliphatic heterocycles. The second-order valence-electron chi connectivity index (χ2n) is 7.34. The number of hydrazine groups is 1. The molecule has 0 heterocycles. The fourth-order valence-electron chi connectivity index (χ4n) is 2.52. The minimum atomic E-state index is 0.590. The zero-order valence-electron chi connectivity index (χ0n) is 15.9. The van der Waals surface area contributed by atoms with Gasteiger partial charge in [0.25, 0.3) is 0 Å². The maximum Gasteiger partial charge on any atom is 0.0131 e. The third-order valence-electron chi connectivity index (χ3n) is 4.68. The highest BCUT2D eigenvalue weighted by molar-refractivity contribution is 4.61. The molecule has 0 aromatic carbocycles. The first-order valence-electron chi connectivity index (χ1n) is 9.62. The van der Waals surface area contributed by atoms with E-state index in [0.29, 0.717) is 17.8 Å². The first-order valence-corrected chi connectivity index (χ1v) is 9.62. The topological polar surface area (TPSA) is 93.3 Å². The van der Waals surface area contributed by atoms with Crippen molar-refractivity contribution in [2.75, 3.05) is 39.3 Å². The van der Waals surface area contributed by atoms with E-state index in [0.717, 1.165) is 45.7 Å². The molecule has 0 aromatic heterocycles. The van der Waals surface area contributed by atoms with Gasteiger partial charge < -0.3 is 17.2 Å². The second kappa shape index (κ2) is 15.3. The average Bonchev–Trinajstić information content (AvgIpc) is 2.57. The Morgan fingerprint density at radius 1 is 0.696 bits per heavy atom. The summed E-state index contributed by atoms with van der Waals surface area (Å²) in [7, 11) is 0. The average molecular weight is 330 g/mol. The number of hydrogen-bond acceptors (Lipinski definition) is 5. The molecule has 3 atom stereocenters. The van der Waals surface area contributed by atoms with Crippen LogP contribution in [0.4, 0.5) is 0 Å². The van der Waals surface area contributed by atoms with Crippen LogP contribution in [0.1, 0.15) is 59.3 Å². The van der Waals surface area contributed by atoms with Gasteiger partial charge in [0, 0.05) is 19.6 Å². The standard InChI is InChI=1S/C18H43N5/c1-16(13-19)7-4-5-11-23(12-6-8-17(2)14-20)22-10-9-18(3)15-21/h16-18,22H,4-15,19-21H2,1-3H3. The third kappa shape index (κ3) is 13.9. The van der Waals surface area contributed by atoms with E-state index in [1.54, 1.807) is 0 Å². The van der Waals surface area contributed by atoms with Crippen molar-refractivity contribution < 1.29 is 0 Å². The highest BCUT2D eigenvalue weighted by Crippen LogP contribution is 2.08. The van der Waals surface area contributed by atoms with Crippen LogP contribution in [0.25, 0.3) is 0 Å². The van der Waals surface area contributed by atoms with Crippen LogP contribution < -0.4 is 22.6 Å². The molecule has 0 fully saturated rings. The molecule has 0 bridgehead atoms. The van der Waals surface area contributed by atoms with Crippen molar-refractivity contribution in [3.05, 3.63) is 0 Å². The van der Waals surface area contributed by atoms with E-state index in [-0.39, 0.29) is 0 Å². The number of nitrogens with one attached hydrogen (secondary N) is 1. The van der Waals surface area contributed by atoms with E-state index >= 15 is 0 Å². The van der Waals surface area contributed by atoms with Gasteiger partial charge in [0.1, 0.15) is 0 Å². The molecule has 0 aliphatic rings. The van der Waals surface area contributed by atoms with Crippen molar-refractivity contribution in [2.45, 2.75) is 59.3 Å². The van der Waals surface area contributed by atoms with Crippen LogP contribution in [-0.2, 0) is 0 Å². The van der Waals surface area contributed by atoms with Gasteiger partial charge in [-0.25, -0.2) is 5.01 Å². The molecule has 0 saturated carbocycles. The van der Waals surface area contributed by atoms with Crippen LogP contribution in [0.2, 0.25) is 0 Å². The van der Waals surface area contributed by atoms with Crippen LogP contribution in [0, 0.1) is 17.8 Å². The Morgan fingerprint density at radius 2 is 1.17 bits per heavy atom. The normalized spacial score (nSPS) is 15.8. The third-order valence-corrected chi connectivity index (χ3v) is 4.68. The Labute approximate surface area is 144 Å². The SMILES string of the molecule is CC(CN)CCCCN(CCCC(C)CN)NCCC(C)CN. The summed E-state index contributed by atoms with van der Waals surface area (Å²) in [6.45, 7) is 12.3. The van der Waals surface area contributed by atoms with Crippen LogP contribution in [0.3, 0.4) is 0 Å². The maximum absolute atomic E-state index is 5.71. The molecule has 0 saturated heterocycles. The van der Waals surface area contributed by atoms with Crippen molar-refractivity contribution in [2.24, 2.45) is 35.0 Å². The fraction of sp³-hybridized carbons (Fsp3) is 1.00. The fourth-order valence-corrected chi connectivity index (χ4v) is 2.52. The molecule has 5 heteroatoms. The van der Waals surface area contributed by atoms with Gasteiger partial charge in [-0.15, -0.1) is 0 Å². The van der Waals surface area contributed by atoms with Gasteiger partial charge in [-0.05, 0) is 69.5 Å². The van der Waals surface area contributed by atoms with E-state index in [4.69, 9.17) is 17.2 Å². The highest BCUT2D eigenvalue weighted by atomic mass is 15.5. The molecular formula is C18H43N5. The molecule has 0 rings (SSSR count). The van der Waals surface area contributed by atoms with Gasteiger partial charge in [-0.1, -0.05) is 27.2 Å². The summed E-state index contributed by atoms with van der Waals surface area (Å²) in [4.78, 5) is 0. The molecule has 3 unspecified atom stereocenters. The summed E-state index contributed by atoms with van der Waals surface area (Å²) < 4.78 is 0. The summed E-state index contributed by atoms with van der Waals surface area (Å²) >= 11 is 0. The molecule has 0 aliphatic carbocycles. The monoisotopic (exact) mass is 329 g/mol. The predicted octanol–water partition coefficient (Wildman–Crippen LogP) is 1.92. The zero-order valence-corrected chi connectivity index (χ0v) is 15.9. The van der Waals surface area contributed by atoms with Crippen molar-refractivity contribution in [3.63, 3.8) is 0 Å². The molecule has 5 nitrogen and oxygen atoms in total. The van der Waals surface area contributed by atoms with E-state index < -0.39 is 0 Å². The molecule has 0 amide bonds. The summed E-state index contributed by atoms with van der Waals surface area (Å²) in [6, 6.07) is 0. The van der Waals surface area contributed by atoms with E-state index in [9.17, 15) is 0 Å². The van der Waals surface area contributed by atoms with Crippen molar-refractivity contribution in [1.29, 1.82) is 0 Å². The van der Waals surface area contributed by atoms with Crippen LogP contribution in [0.5, 0.6) is 0 Å². The first-order chi connectivity index (χ1) is 11.0. The van der Waals surface area contributed by atoms with Gasteiger partial charge in [0.15, 0.2) is 0 Å². The zero-order chi connectivity index (χ0) is 17.5. The van der Waals surface area contributed by atoms with Crippen molar-refractivity contribution in [3.8, 4) is 0 Å². The molecule has 0 spiro atoms. The van der Waals surface area contributed by atoms with Crippen LogP contribution in [0.15, 0.2) is 0 Å². The maximum atomic E-state index is 5.71. The number of rotatable bonds is 16. The lowest BCUT2D eigenvalue weighted by atomic mass is 10.0. The summed E-state index contributed by atoms with van der Waals surface area (Å²) in [5.74, 6) is 1.86. The summed E-state index contributed by atoms with van der Waals surface area (Å²) in [5, 5.41) is 2.40. The smallest absolute Gasteiger partial charge is 0.0131 e. The van der Waals surface area contributed by atoms with Crippen LogP contribution >= 0.6 is 0 Å². The lowest BCUT2D eigenvalue weighted by Gasteiger charge is -2.25. The number of nitrogens with zero attached hydrogens (tertiary/aromatic N) is 1. The molecule has 0 aromatic rings. The summed E-state index contributed by atoms with van der Waals surface area (Å²) in [6.07, 6.45) is 7.27. The Morgan fingerprint density at radius 3 is 1.74 bits per heavy atom. The lowest BCUT2D eigenvalue weighted by Crippen LogP contribution is -2.41. The second-order valence-corrected chi connectivity index (χ2v) is 7.34. The van der Waals surface area contributed by atoms with Gasteiger partial charge in [-0.3, -0.25) is 5.43 Å². The summed E-state index contributed by atoms with van der Waals surface area (Å²) in [5.41, 5.74) is 20.7. The Bertz CT molecular complexity index is 234. The molecule has 0 radical (unpaired) electrons. The molecular weight excluding hydrogens is 286 g/mol. The van der Waals surface area contributed by atoms with Crippen LogP contribution in [-0.4, -0.2) is 44.3 Å². The minimum Gasteiger partial charge on any atom is -0.330 e. The number of unbranched alkanes of at least 4 members (excludes halogenated alkanes) is 1.